The van der Waals surface area contributed by atoms with Gasteiger partial charge in [0.2, 0.25) is 0 Å². The van der Waals surface area contributed by atoms with Crippen LogP contribution in [0.2, 0.25) is 0 Å². The van der Waals surface area contributed by atoms with Crippen molar-refractivity contribution in [2.24, 2.45) is 11.3 Å². The third-order valence-corrected chi connectivity index (χ3v) is 3.22. The minimum atomic E-state index is 0.290. The van der Waals surface area contributed by atoms with Crippen molar-refractivity contribution < 1.29 is 0 Å². The van der Waals surface area contributed by atoms with Gasteiger partial charge in [0.15, 0.2) is 0 Å². The number of hydrogen-bond donors (Lipinski definition) is 1. The van der Waals surface area contributed by atoms with Crippen molar-refractivity contribution in [1.82, 2.24) is 10.2 Å². The van der Waals surface area contributed by atoms with Gasteiger partial charge in [-0.2, -0.15) is 0 Å². The number of nitrogens with zero attached hydrogens (tertiary/aromatic N) is 1. The molecule has 1 rings (SSSR count). The van der Waals surface area contributed by atoms with Crippen molar-refractivity contribution in [3.8, 4) is 0 Å². The van der Waals surface area contributed by atoms with Gasteiger partial charge >= 0.3 is 0 Å². The van der Waals surface area contributed by atoms with Crippen LogP contribution in [-0.2, 0) is 0 Å². The molecule has 1 aliphatic heterocycles. The number of hydrogen-bond acceptors (Lipinski definition) is 2. The van der Waals surface area contributed by atoms with E-state index in [1.54, 1.807) is 0 Å². The summed E-state index contributed by atoms with van der Waals surface area (Å²) >= 11 is 0. The molecule has 1 saturated heterocycles. The third kappa shape index (κ3) is 3.76. The summed E-state index contributed by atoms with van der Waals surface area (Å²) in [6, 6.07) is 0. The first kappa shape index (κ1) is 13.0. The molecular weight excluding hydrogens is 184 g/mol. The van der Waals surface area contributed by atoms with Crippen molar-refractivity contribution in [1.29, 1.82) is 0 Å². The minimum Gasteiger partial charge on any atom is -0.314 e. The molecule has 1 aliphatic rings. The second-order valence-electron chi connectivity index (χ2n) is 6.85. The van der Waals surface area contributed by atoms with Gasteiger partial charge in [-0.1, -0.05) is 27.7 Å². The van der Waals surface area contributed by atoms with Crippen LogP contribution in [0, 0.1) is 11.3 Å². The highest BCUT2D eigenvalue weighted by atomic mass is 15.2. The van der Waals surface area contributed by atoms with E-state index in [1.807, 2.05) is 0 Å². The standard InChI is InChI=1S/C13H28N2/c1-11(2)7-15-10-12(3,4)8-14-9-13(15,5)6/h11,14H,7-10H2,1-6H3. The van der Waals surface area contributed by atoms with Crippen LogP contribution in [0.1, 0.15) is 41.5 Å². The molecule has 2 heteroatoms. The predicted molar refractivity (Wildman–Crippen MR) is 67.1 cm³/mol. The average molecular weight is 212 g/mol. The van der Waals surface area contributed by atoms with Gasteiger partial charge in [-0.3, -0.25) is 4.90 Å². The van der Waals surface area contributed by atoms with Gasteiger partial charge in [-0.15, -0.1) is 0 Å². The Hall–Kier alpha value is -0.0800. The van der Waals surface area contributed by atoms with Gasteiger partial charge in [0.25, 0.3) is 0 Å². The fraction of sp³-hybridized carbons (Fsp3) is 1.00. The first-order valence-electron chi connectivity index (χ1n) is 6.19. The van der Waals surface area contributed by atoms with Crippen LogP contribution >= 0.6 is 0 Å². The normalized spacial score (nSPS) is 26.6. The SMILES string of the molecule is CC(C)CN1CC(C)(C)CNCC1(C)C. The molecule has 2 nitrogen and oxygen atoms in total. The molecule has 0 aliphatic carbocycles. The van der Waals surface area contributed by atoms with Crippen molar-refractivity contribution in [3.63, 3.8) is 0 Å². The largest absolute Gasteiger partial charge is 0.314 e. The van der Waals surface area contributed by atoms with E-state index in [0.29, 0.717) is 5.41 Å². The van der Waals surface area contributed by atoms with Crippen LogP contribution in [0.25, 0.3) is 0 Å². The lowest BCUT2D eigenvalue weighted by molar-refractivity contribution is 0.0868. The molecule has 0 aromatic rings. The number of nitrogens with one attached hydrogen (secondary N) is 1. The van der Waals surface area contributed by atoms with E-state index in [1.165, 1.54) is 13.1 Å². The van der Waals surface area contributed by atoms with Crippen molar-refractivity contribution in [2.45, 2.75) is 47.1 Å². The zero-order valence-electron chi connectivity index (χ0n) is 11.4. The highest BCUT2D eigenvalue weighted by Gasteiger charge is 2.34. The van der Waals surface area contributed by atoms with Gasteiger partial charge in [0, 0.05) is 31.7 Å². The number of rotatable bonds is 2. The third-order valence-electron chi connectivity index (χ3n) is 3.22. The molecule has 0 aromatic heterocycles. The Labute approximate surface area is 95.4 Å². The molecule has 15 heavy (non-hydrogen) atoms. The topological polar surface area (TPSA) is 15.3 Å². The second-order valence-corrected chi connectivity index (χ2v) is 6.85. The van der Waals surface area contributed by atoms with E-state index in [-0.39, 0.29) is 5.54 Å². The lowest BCUT2D eigenvalue weighted by Crippen LogP contribution is -2.50. The molecular formula is C13H28N2. The maximum absolute atomic E-state index is 3.59. The smallest absolute Gasteiger partial charge is 0.0278 e. The Morgan fingerprint density at radius 1 is 1.13 bits per heavy atom. The van der Waals surface area contributed by atoms with Crippen molar-refractivity contribution in [2.75, 3.05) is 26.2 Å². The summed E-state index contributed by atoms with van der Waals surface area (Å²) in [7, 11) is 0. The fourth-order valence-electron chi connectivity index (χ4n) is 2.36. The van der Waals surface area contributed by atoms with Crippen LogP contribution in [0.15, 0.2) is 0 Å². The Kier molecular flexibility index (Phi) is 3.83. The molecule has 0 radical (unpaired) electrons. The average Bonchev–Trinajstić information content (AvgIpc) is 2.07. The molecule has 0 spiro atoms. The van der Waals surface area contributed by atoms with Crippen molar-refractivity contribution in [3.05, 3.63) is 0 Å². The van der Waals surface area contributed by atoms with Gasteiger partial charge < -0.3 is 5.32 Å². The fourth-order valence-corrected chi connectivity index (χ4v) is 2.36. The lowest BCUT2D eigenvalue weighted by Gasteiger charge is -2.40. The molecule has 0 amide bonds. The molecule has 1 heterocycles. The van der Waals surface area contributed by atoms with Crippen LogP contribution in [-0.4, -0.2) is 36.6 Å². The molecule has 0 saturated carbocycles. The predicted octanol–water partition coefficient (Wildman–Crippen LogP) is 2.35. The highest BCUT2D eigenvalue weighted by Crippen LogP contribution is 2.26. The molecule has 1 N–H and O–H groups in total. The van der Waals surface area contributed by atoms with Gasteiger partial charge in [0.1, 0.15) is 0 Å². The second kappa shape index (κ2) is 4.42. The van der Waals surface area contributed by atoms with E-state index < -0.39 is 0 Å². The Morgan fingerprint density at radius 2 is 1.73 bits per heavy atom. The summed E-state index contributed by atoms with van der Waals surface area (Å²) in [5.74, 6) is 0.748. The van der Waals surface area contributed by atoms with E-state index in [9.17, 15) is 0 Å². The molecule has 0 bridgehead atoms. The zero-order valence-corrected chi connectivity index (χ0v) is 11.4. The summed E-state index contributed by atoms with van der Waals surface area (Å²) < 4.78 is 0. The van der Waals surface area contributed by atoms with Crippen molar-refractivity contribution >= 4 is 0 Å². The maximum atomic E-state index is 3.59. The highest BCUT2D eigenvalue weighted by molar-refractivity contribution is 4.92. The van der Waals surface area contributed by atoms with Gasteiger partial charge in [-0.25, -0.2) is 0 Å². The summed E-state index contributed by atoms with van der Waals surface area (Å²) in [4.78, 5) is 2.65. The zero-order chi connectivity index (χ0) is 11.7. The Morgan fingerprint density at radius 3 is 2.27 bits per heavy atom. The van der Waals surface area contributed by atoms with E-state index >= 15 is 0 Å². The van der Waals surface area contributed by atoms with E-state index in [2.05, 4.69) is 51.8 Å². The first-order valence-corrected chi connectivity index (χ1v) is 6.19. The molecule has 0 atom stereocenters. The summed E-state index contributed by atoms with van der Waals surface area (Å²) in [6.45, 7) is 18.7. The van der Waals surface area contributed by atoms with E-state index in [4.69, 9.17) is 0 Å². The lowest BCUT2D eigenvalue weighted by atomic mass is 9.91. The summed E-state index contributed by atoms with van der Waals surface area (Å²) in [6.07, 6.45) is 0. The summed E-state index contributed by atoms with van der Waals surface area (Å²) in [5, 5.41) is 3.59. The Bertz CT molecular complexity index is 207. The first-order chi connectivity index (χ1) is 6.73. The quantitative estimate of drug-likeness (QED) is 0.756. The van der Waals surface area contributed by atoms with E-state index in [0.717, 1.165) is 19.0 Å². The van der Waals surface area contributed by atoms with Gasteiger partial charge in [0.05, 0.1) is 0 Å². The summed E-state index contributed by atoms with van der Waals surface area (Å²) in [5.41, 5.74) is 0.681. The minimum absolute atomic E-state index is 0.290. The van der Waals surface area contributed by atoms with Gasteiger partial charge in [-0.05, 0) is 25.2 Å². The molecule has 0 aromatic carbocycles. The van der Waals surface area contributed by atoms with Crippen LogP contribution in [0.3, 0.4) is 0 Å². The monoisotopic (exact) mass is 212 g/mol. The molecule has 1 fully saturated rings. The molecule has 0 unspecified atom stereocenters. The molecule has 90 valence electrons. The Balaban J connectivity index is 2.75. The van der Waals surface area contributed by atoms with Crippen LogP contribution in [0.4, 0.5) is 0 Å². The van der Waals surface area contributed by atoms with Crippen LogP contribution in [0.5, 0.6) is 0 Å². The van der Waals surface area contributed by atoms with Crippen LogP contribution < -0.4 is 5.32 Å². The maximum Gasteiger partial charge on any atom is 0.0278 e.